The van der Waals surface area contributed by atoms with Gasteiger partial charge in [-0.05, 0) is 5.56 Å². The fourth-order valence-electron chi connectivity index (χ4n) is 2.85. The van der Waals surface area contributed by atoms with E-state index in [9.17, 15) is 15.0 Å². The number of carbonyl (C=O) groups is 1. The number of rotatable bonds is 6. The van der Waals surface area contributed by atoms with Crippen molar-refractivity contribution in [2.75, 3.05) is 12.3 Å². The molecule has 2 heterocycles. The fourth-order valence-corrected chi connectivity index (χ4v) is 2.85. The molecule has 25 heavy (non-hydrogen) atoms. The summed E-state index contributed by atoms with van der Waals surface area (Å²) in [7, 11) is 0. The second kappa shape index (κ2) is 7.19. The van der Waals surface area contributed by atoms with Gasteiger partial charge in [-0.2, -0.15) is 0 Å². The molecule has 0 saturated carbocycles. The van der Waals surface area contributed by atoms with E-state index in [0.717, 1.165) is 5.56 Å². The van der Waals surface area contributed by atoms with Crippen molar-refractivity contribution in [3.8, 4) is 0 Å². The number of aliphatic hydroxyl groups is 2. The van der Waals surface area contributed by atoms with Gasteiger partial charge in [0.25, 0.3) is 5.91 Å². The van der Waals surface area contributed by atoms with Crippen molar-refractivity contribution in [1.82, 2.24) is 14.9 Å². The Morgan fingerprint density at radius 2 is 2.00 bits per heavy atom. The zero-order chi connectivity index (χ0) is 18.0. The second-order valence-electron chi connectivity index (χ2n) is 5.91. The molecule has 0 radical (unpaired) electrons. The zero-order valence-corrected chi connectivity index (χ0v) is 13.4. The van der Waals surface area contributed by atoms with E-state index in [0.29, 0.717) is 13.1 Å². The lowest BCUT2D eigenvalue weighted by Crippen LogP contribution is -2.37. The standard InChI is InChI=1S/C16H21N5O4/c17-14-11(15(18)24)20-8-21(14)16-13(23)12(22)10(25-16)7-19-6-9-4-2-1-3-5-9/h1-5,8,10,12-13,16,19,22-23H,6-7,17H2,(H2,18,24)/t10-,12-,13-,16-/m0/s1. The maximum Gasteiger partial charge on any atom is 0.271 e. The molecule has 1 aromatic carbocycles. The minimum Gasteiger partial charge on any atom is -0.387 e. The molecule has 1 aliphatic rings. The summed E-state index contributed by atoms with van der Waals surface area (Å²) in [5, 5.41) is 23.6. The van der Waals surface area contributed by atoms with Crippen LogP contribution in [0.4, 0.5) is 5.82 Å². The first kappa shape index (κ1) is 17.4. The molecular formula is C16H21N5O4. The van der Waals surface area contributed by atoms with Crippen LogP contribution in [0.5, 0.6) is 0 Å². The van der Waals surface area contributed by atoms with Crippen LogP contribution >= 0.6 is 0 Å². The van der Waals surface area contributed by atoms with E-state index in [1.54, 1.807) is 0 Å². The van der Waals surface area contributed by atoms with E-state index in [1.807, 2.05) is 30.3 Å². The van der Waals surface area contributed by atoms with Gasteiger partial charge < -0.3 is 31.7 Å². The van der Waals surface area contributed by atoms with Crippen molar-refractivity contribution in [3.05, 3.63) is 47.9 Å². The highest BCUT2D eigenvalue weighted by atomic mass is 16.6. The summed E-state index contributed by atoms with van der Waals surface area (Å²) < 4.78 is 7.01. The number of amides is 1. The lowest BCUT2D eigenvalue weighted by atomic mass is 10.1. The Kier molecular flexibility index (Phi) is 5.00. The number of nitrogens with one attached hydrogen (secondary N) is 1. The number of hydrogen-bond acceptors (Lipinski definition) is 7. The predicted molar refractivity (Wildman–Crippen MR) is 89.2 cm³/mol. The maximum absolute atomic E-state index is 11.2. The molecule has 0 bridgehead atoms. The first-order valence-electron chi connectivity index (χ1n) is 7.87. The Hall–Kier alpha value is -2.46. The van der Waals surface area contributed by atoms with Gasteiger partial charge in [-0.15, -0.1) is 0 Å². The SMILES string of the molecule is NC(=O)c1ncn([C@H]2O[C@@H](CNCc3ccccc3)[C@H](O)[C@@H]2O)c1N. The van der Waals surface area contributed by atoms with Gasteiger partial charge in [-0.25, -0.2) is 4.98 Å². The highest BCUT2D eigenvalue weighted by Crippen LogP contribution is 2.31. The minimum absolute atomic E-state index is 0.0124. The molecule has 9 heteroatoms. The average Bonchev–Trinajstić information content (AvgIpc) is 3.11. The Balaban J connectivity index is 1.64. The van der Waals surface area contributed by atoms with Crippen LogP contribution < -0.4 is 16.8 Å². The van der Waals surface area contributed by atoms with Crippen LogP contribution in [0.15, 0.2) is 36.7 Å². The van der Waals surface area contributed by atoms with Gasteiger partial charge in [-0.3, -0.25) is 9.36 Å². The number of hydrogen-bond donors (Lipinski definition) is 5. The summed E-state index contributed by atoms with van der Waals surface area (Å²) >= 11 is 0. The van der Waals surface area contributed by atoms with Crippen molar-refractivity contribution >= 4 is 11.7 Å². The molecule has 3 rings (SSSR count). The first-order chi connectivity index (χ1) is 12.0. The number of benzene rings is 1. The number of imidazole rings is 1. The number of nitrogen functional groups attached to an aromatic ring is 1. The van der Waals surface area contributed by atoms with Crippen molar-refractivity contribution < 1.29 is 19.7 Å². The monoisotopic (exact) mass is 347 g/mol. The van der Waals surface area contributed by atoms with Crippen molar-refractivity contribution in [2.24, 2.45) is 5.73 Å². The van der Waals surface area contributed by atoms with Crippen LogP contribution in [0.1, 0.15) is 22.3 Å². The second-order valence-corrected chi connectivity index (χ2v) is 5.91. The van der Waals surface area contributed by atoms with Crippen LogP contribution in [-0.4, -0.2) is 50.5 Å². The summed E-state index contributed by atoms with van der Waals surface area (Å²) in [4.78, 5) is 15.1. The molecular weight excluding hydrogens is 326 g/mol. The first-order valence-corrected chi connectivity index (χ1v) is 7.87. The van der Waals surface area contributed by atoms with Crippen LogP contribution in [0.2, 0.25) is 0 Å². The van der Waals surface area contributed by atoms with Gasteiger partial charge in [0.2, 0.25) is 0 Å². The summed E-state index contributed by atoms with van der Waals surface area (Å²) in [6.45, 7) is 0.939. The highest BCUT2D eigenvalue weighted by Gasteiger charge is 2.44. The minimum atomic E-state index is -1.21. The molecule has 1 fully saturated rings. The predicted octanol–water partition coefficient (Wildman–Crippen LogP) is -1.03. The molecule has 4 atom stereocenters. The van der Waals surface area contributed by atoms with Crippen LogP contribution in [0.3, 0.4) is 0 Å². The molecule has 134 valence electrons. The Labute approximate surface area is 144 Å². The van der Waals surface area contributed by atoms with Crippen molar-refractivity contribution in [3.63, 3.8) is 0 Å². The van der Waals surface area contributed by atoms with E-state index in [4.69, 9.17) is 16.2 Å². The van der Waals surface area contributed by atoms with Gasteiger partial charge in [0.1, 0.15) is 24.1 Å². The maximum atomic E-state index is 11.2. The van der Waals surface area contributed by atoms with E-state index in [2.05, 4.69) is 10.3 Å². The number of ether oxygens (including phenoxy) is 1. The number of aliphatic hydroxyl groups excluding tert-OH is 2. The largest absolute Gasteiger partial charge is 0.387 e. The van der Waals surface area contributed by atoms with Crippen LogP contribution in [0, 0.1) is 0 Å². The molecule has 7 N–H and O–H groups in total. The number of nitrogens with two attached hydrogens (primary N) is 2. The summed E-state index contributed by atoms with van der Waals surface area (Å²) in [5.74, 6) is -0.785. The molecule has 9 nitrogen and oxygen atoms in total. The Morgan fingerprint density at radius 1 is 1.28 bits per heavy atom. The third-order valence-electron chi connectivity index (χ3n) is 4.19. The fraction of sp³-hybridized carbons (Fsp3) is 0.375. The zero-order valence-electron chi connectivity index (χ0n) is 13.4. The van der Waals surface area contributed by atoms with Gasteiger partial charge in [0.15, 0.2) is 11.9 Å². The molecule has 0 aliphatic carbocycles. The molecule has 1 amide bonds. The normalized spacial score (nSPS) is 26.0. The van der Waals surface area contributed by atoms with Gasteiger partial charge in [0.05, 0.1) is 6.33 Å². The third kappa shape index (κ3) is 3.49. The lowest BCUT2D eigenvalue weighted by Gasteiger charge is -2.17. The number of aromatic nitrogens is 2. The highest BCUT2D eigenvalue weighted by molar-refractivity contribution is 5.95. The summed E-state index contributed by atoms with van der Waals surface area (Å²) in [6.07, 6.45) is -2.63. The number of carbonyl (C=O) groups excluding carboxylic acids is 1. The molecule has 2 aromatic rings. The number of anilines is 1. The van der Waals surface area contributed by atoms with Gasteiger partial charge in [0, 0.05) is 13.1 Å². The molecule has 0 unspecified atom stereocenters. The summed E-state index contributed by atoms with van der Waals surface area (Å²) in [6, 6.07) is 9.78. The topological polar surface area (TPSA) is 149 Å². The molecule has 1 saturated heterocycles. The van der Waals surface area contributed by atoms with Crippen molar-refractivity contribution in [1.29, 1.82) is 0 Å². The molecule has 1 aromatic heterocycles. The van der Waals surface area contributed by atoms with E-state index >= 15 is 0 Å². The lowest BCUT2D eigenvalue weighted by molar-refractivity contribution is -0.0351. The van der Waals surface area contributed by atoms with E-state index < -0.39 is 30.4 Å². The van der Waals surface area contributed by atoms with Crippen molar-refractivity contribution in [2.45, 2.75) is 31.1 Å². The Morgan fingerprint density at radius 3 is 2.64 bits per heavy atom. The third-order valence-corrected chi connectivity index (χ3v) is 4.19. The summed E-state index contributed by atoms with van der Waals surface area (Å²) in [5.41, 5.74) is 12.0. The molecule has 0 spiro atoms. The number of nitrogens with zero attached hydrogens (tertiary/aromatic N) is 2. The van der Waals surface area contributed by atoms with Crippen LogP contribution in [-0.2, 0) is 11.3 Å². The Bertz CT molecular complexity index is 735. The van der Waals surface area contributed by atoms with Crippen LogP contribution in [0.25, 0.3) is 0 Å². The van der Waals surface area contributed by atoms with Gasteiger partial charge >= 0.3 is 0 Å². The average molecular weight is 347 g/mol. The number of primary amides is 1. The van der Waals surface area contributed by atoms with E-state index in [-0.39, 0.29) is 11.5 Å². The quantitative estimate of drug-likeness (QED) is 0.449. The van der Waals surface area contributed by atoms with Gasteiger partial charge in [-0.1, -0.05) is 30.3 Å². The molecule has 1 aliphatic heterocycles. The van der Waals surface area contributed by atoms with E-state index in [1.165, 1.54) is 10.9 Å². The smallest absolute Gasteiger partial charge is 0.271 e.